The van der Waals surface area contributed by atoms with Crippen molar-refractivity contribution in [2.24, 2.45) is 7.05 Å². The molecule has 0 aliphatic heterocycles. The van der Waals surface area contributed by atoms with Gasteiger partial charge in [-0.3, -0.25) is 23.8 Å². The molecule has 0 unspecified atom stereocenters. The Morgan fingerprint density at radius 1 is 1.05 bits per heavy atom. The van der Waals surface area contributed by atoms with Crippen LogP contribution in [0, 0.1) is 0 Å². The fraction of sp³-hybridized carbons (Fsp3) is 0.154. The number of pyridine rings is 2. The highest BCUT2D eigenvalue weighted by Crippen LogP contribution is 2.31. The lowest BCUT2D eigenvalue weighted by molar-refractivity contribution is -0.137. The largest absolute Gasteiger partial charge is 0.416 e. The van der Waals surface area contributed by atoms with Crippen molar-refractivity contribution in [1.29, 1.82) is 0 Å². The van der Waals surface area contributed by atoms with Gasteiger partial charge >= 0.3 is 6.18 Å². The Morgan fingerprint density at radius 2 is 1.78 bits per heavy atom. The summed E-state index contributed by atoms with van der Waals surface area (Å²) in [7, 11) is 1.66. The molecule has 1 amide bonds. The zero-order valence-corrected chi connectivity index (χ0v) is 20.3. The summed E-state index contributed by atoms with van der Waals surface area (Å²) in [5, 5.41) is 8.54. The van der Waals surface area contributed by atoms with E-state index < -0.39 is 23.3 Å². The van der Waals surface area contributed by atoms with E-state index in [4.69, 9.17) is 11.6 Å². The number of carbonyl (C=O) groups excluding carboxylic acids is 1. The Morgan fingerprint density at radius 3 is 2.46 bits per heavy atom. The lowest BCUT2D eigenvalue weighted by Gasteiger charge is -2.15. The minimum Gasteiger partial charge on any atom is -0.344 e. The van der Waals surface area contributed by atoms with E-state index in [0.29, 0.717) is 32.7 Å². The number of halogens is 4. The van der Waals surface area contributed by atoms with Crippen molar-refractivity contribution >= 4 is 39.3 Å². The van der Waals surface area contributed by atoms with Gasteiger partial charge in [0.15, 0.2) is 0 Å². The van der Waals surface area contributed by atoms with Gasteiger partial charge in [-0.2, -0.15) is 18.3 Å². The standard InChI is InChI=1S/C26H19ClF3N5O2/c1-14(21-12-17(27)9-10-31-21)32-24(36)15-3-8-22-19(11-15)23-20(13-34(2)33-23)25(37)35(22)18-6-4-16(5-7-18)26(28,29)30/h3-14H,1-2H3,(H,32,36)/t14-/m0/s1. The van der Waals surface area contributed by atoms with E-state index >= 15 is 0 Å². The lowest BCUT2D eigenvalue weighted by atomic mass is 10.1. The van der Waals surface area contributed by atoms with Gasteiger partial charge in [0.25, 0.3) is 11.5 Å². The first-order chi connectivity index (χ1) is 17.5. The number of carbonyl (C=O) groups is 1. The zero-order valence-electron chi connectivity index (χ0n) is 19.5. The normalized spacial score (nSPS) is 12.7. The van der Waals surface area contributed by atoms with E-state index in [1.807, 2.05) is 0 Å². The van der Waals surface area contributed by atoms with Gasteiger partial charge < -0.3 is 5.32 Å². The van der Waals surface area contributed by atoms with Crippen LogP contribution in [0.5, 0.6) is 0 Å². The molecule has 37 heavy (non-hydrogen) atoms. The van der Waals surface area contributed by atoms with E-state index in [-0.39, 0.29) is 17.0 Å². The molecular formula is C26H19ClF3N5O2. The second-order valence-electron chi connectivity index (χ2n) is 8.58. The fourth-order valence-electron chi connectivity index (χ4n) is 4.20. The highest BCUT2D eigenvalue weighted by atomic mass is 35.5. The minimum atomic E-state index is -4.50. The Labute approximate surface area is 213 Å². The average Bonchev–Trinajstić information content (AvgIpc) is 3.26. The summed E-state index contributed by atoms with van der Waals surface area (Å²) in [6.45, 7) is 1.77. The van der Waals surface area contributed by atoms with Crippen molar-refractivity contribution in [3.63, 3.8) is 0 Å². The van der Waals surface area contributed by atoms with Gasteiger partial charge in [0.05, 0.1) is 28.2 Å². The summed E-state index contributed by atoms with van der Waals surface area (Å²) in [6, 6.07) is 11.9. The van der Waals surface area contributed by atoms with E-state index in [2.05, 4.69) is 15.4 Å². The molecule has 5 rings (SSSR count). The Hall–Kier alpha value is -4.18. The molecule has 0 aliphatic carbocycles. The number of aryl methyl sites for hydroxylation is 1. The molecule has 3 heterocycles. The molecule has 0 aliphatic rings. The van der Waals surface area contributed by atoms with Gasteiger partial charge in [-0.05, 0) is 61.5 Å². The molecule has 2 aromatic carbocycles. The van der Waals surface area contributed by atoms with Crippen LogP contribution in [0.25, 0.3) is 27.5 Å². The number of aromatic nitrogens is 4. The number of nitrogens with one attached hydrogen (secondary N) is 1. The van der Waals surface area contributed by atoms with Gasteiger partial charge in [-0.1, -0.05) is 11.6 Å². The smallest absolute Gasteiger partial charge is 0.344 e. The predicted molar refractivity (Wildman–Crippen MR) is 134 cm³/mol. The predicted octanol–water partition coefficient (Wildman–Crippen LogP) is 5.44. The van der Waals surface area contributed by atoms with Crippen molar-refractivity contribution in [3.05, 3.63) is 99.2 Å². The molecular weight excluding hydrogens is 507 g/mol. The molecule has 7 nitrogen and oxygen atoms in total. The first kappa shape index (κ1) is 24.5. The SMILES string of the molecule is C[C@H](NC(=O)c1ccc2c(c1)c1nn(C)cc1c(=O)n2-c1ccc(C(F)(F)F)cc1)c1cc(Cl)ccn1. The number of amides is 1. The van der Waals surface area contributed by atoms with Crippen molar-refractivity contribution < 1.29 is 18.0 Å². The van der Waals surface area contributed by atoms with Crippen LogP contribution in [-0.4, -0.2) is 25.2 Å². The van der Waals surface area contributed by atoms with Gasteiger partial charge in [0, 0.05) is 41.1 Å². The van der Waals surface area contributed by atoms with Crippen LogP contribution in [0.15, 0.2) is 71.8 Å². The number of hydrogen-bond donors (Lipinski definition) is 1. The van der Waals surface area contributed by atoms with Crippen LogP contribution in [0.2, 0.25) is 5.02 Å². The third kappa shape index (κ3) is 4.55. The number of benzene rings is 2. The third-order valence-corrected chi connectivity index (χ3v) is 6.24. The summed E-state index contributed by atoms with van der Waals surface area (Å²) in [4.78, 5) is 30.7. The van der Waals surface area contributed by atoms with E-state index in [1.165, 1.54) is 27.6 Å². The molecule has 0 fully saturated rings. The van der Waals surface area contributed by atoms with E-state index in [1.54, 1.807) is 50.5 Å². The monoisotopic (exact) mass is 525 g/mol. The van der Waals surface area contributed by atoms with Crippen LogP contribution in [0.1, 0.15) is 34.6 Å². The molecule has 1 atom stereocenters. The second-order valence-corrected chi connectivity index (χ2v) is 9.01. The first-order valence-corrected chi connectivity index (χ1v) is 11.5. The van der Waals surface area contributed by atoms with Crippen molar-refractivity contribution in [3.8, 4) is 5.69 Å². The second kappa shape index (κ2) is 9.04. The van der Waals surface area contributed by atoms with Crippen molar-refractivity contribution in [1.82, 2.24) is 24.6 Å². The Bertz CT molecular complexity index is 1730. The van der Waals surface area contributed by atoms with E-state index in [0.717, 1.165) is 12.1 Å². The van der Waals surface area contributed by atoms with Crippen LogP contribution < -0.4 is 10.9 Å². The summed E-state index contributed by atoms with van der Waals surface area (Å²) < 4.78 is 42.0. The molecule has 5 aromatic rings. The van der Waals surface area contributed by atoms with Crippen molar-refractivity contribution in [2.45, 2.75) is 19.1 Å². The molecule has 188 valence electrons. The maximum Gasteiger partial charge on any atom is 0.416 e. The molecule has 0 saturated carbocycles. The average molecular weight is 526 g/mol. The molecule has 11 heteroatoms. The number of rotatable bonds is 4. The minimum absolute atomic E-state index is 0.256. The molecule has 3 aromatic heterocycles. The van der Waals surface area contributed by atoms with Crippen LogP contribution in [-0.2, 0) is 13.2 Å². The van der Waals surface area contributed by atoms with Crippen LogP contribution in [0.4, 0.5) is 13.2 Å². The highest BCUT2D eigenvalue weighted by molar-refractivity contribution is 6.30. The topological polar surface area (TPSA) is 81.8 Å². The van der Waals surface area contributed by atoms with Crippen LogP contribution >= 0.6 is 11.6 Å². The summed E-state index contributed by atoms with van der Waals surface area (Å²) in [5.74, 6) is -0.382. The van der Waals surface area contributed by atoms with Gasteiger partial charge in [-0.25, -0.2) is 0 Å². The molecule has 0 bridgehead atoms. The quantitative estimate of drug-likeness (QED) is 0.339. The third-order valence-electron chi connectivity index (χ3n) is 6.00. The van der Waals surface area contributed by atoms with Crippen molar-refractivity contribution in [2.75, 3.05) is 0 Å². The van der Waals surface area contributed by atoms with Gasteiger partial charge in [-0.15, -0.1) is 0 Å². The lowest BCUT2D eigenvalue weighted by Crippen LogP contribution is -2.27. The number of hydrogen-bond acceptors (Lipinski definition) is 4. The molecule has 1 N–H and O–H groups in total. The molecule has 0 radical (unpaired) electrons. The Balaban J connectivity index is 1.62. The summed E-state index contributed by atoms with van der Waals surface area (Å²) in [6.07, 6.45) is -1.41. The summed E-state index contributed by atoms with van der Waals surface area (Å²) >= 11 is 6.03. The molecule has 0 saturated heterocycles. The highest BCUT2D eigenvalue weighted by Gasteiger charge is 2.30. The van der Waals surface area contributed by atoms with Gasteiger partial charge in [0.1, 0.15) is 5.52 Å². The number of fused-ring (bicyclic) bond motifs is 3. The maximum absolute atomic E-state index is 13.4. The van der Waals surface area contributed by atoms with E-state index in [9.17, 15) is 22.8 Å². The maximum atomic E-state index is 13.4. The Kier molecular flexibility index (Phi) is 5.99. The number of nitrogens with zero attached hydrogens (tertiary/aromatic N) is 4. The number of alkyl halides is 3. The van der Waals surface area contributed by atoms with Gasteiger partial charge in [0.2, 0.25) is 0 Å². The zero-order chi connectivity index (χ0) is 26.5. The summed E-state index contributed by atoms with van der Waals surface area (Å²) in [5.41, 5.74) is 0.677. The van der Waals surface area contributed by atoms with Crippen LogP contribution in [0.3, 0.4) is 0 Å². The first-order valence-electron chi connectivity index (χ1n) is 11.1. The fourth-order valence-corrected chi connectivity index (χ4v) is 4.37. The molecule has 0 spiro atoms.